The number of hydrogen-bond donors (Lipinski definition) is 3. The summed E-state index contributed by atoms with van der Waals surface area (Å²) in [5, 5.41) is 7.30. The molecule has 7 nitrogen and oxygen atoms in total. The molecule has 0 radical (unpaired) electrons. The van der Waals surface area contributed by atoms with Gasteiger partial charge in [0.15, 0.2) is 11.6 Å². The lowest BCUT2D eigenvalue weighted by molar-refractivity contribution is 0.513. The SMILES string of the molecule is CC(C)(C)[S+]([O-])N[C@H]1CCc2cc(Nc3nc(-n4cccn4)ccc3N)cc(F)c21. The van der Waals surface area contributed by atoms with Gasteiger partial charge in [-0.1, -0.05) is 0 Å². The molecule has 0 fully saturated rings. The van der Waals surface area contributed by atoms with Crippen molar-refractivity contribution >= 4 is 28.6 Å². The van der Waals surface area contributed by atoms with Crippen LogP contribution in [0.2, 0.25) is 0 Å². The fraction of sp³-hybridized carbons (Fsp3) is 0.333. The first-order chi connectivity index (χ1) is 14.2. The van der Waals surface area contributed by atoms with Crippen LogP contribution in [-0.4, -0.2) is 24.1 Å². The summed E-state index contributed by atoms with van der Waals surface area (Å²) < 4.78 is 31.8. The maximum absolute atomic E-state index is 15.0. The molecule has 2 heterocycles. The number of nitrogen functional groups attached to an aromatic ring is 1. The van der Waals surface area contributed by atoms with E-state index in [9.17, 15) is 4.55 Å². The molecular weight excluding hydrogens is 403 g/mol. The van der Waals surface area contributed by atoms with E-state index in [2.05, 4.69) is 20.1 Å². The number of nitrogens with zero attached hydrogens (tertiary/aromatic N) is 3. The number of benzene rings is 1. The Balaban J connectivity index is 1.58. The smallest absolute Gasteiger partial charge is 0.156 e. The van der Waals surface area contributed by atoms with Gasteiger partial charge in [-0.2, -0.15) is 5.10 Å². The Hall–Kier alpha value is -2.62. The van der Waals surface area contributed by atoms with Gasteiger partial charge in [0.05, 0.1) is 11.7 Å². The van der Waals surface area contributed by atoms with E-state index in [4.69, 9.17) is 5.73 Å². The summed E-state index contributed by atoms with van der Waals surface area (Å²) in [6.45, 7) is 5.68. The van der Waals surface area contributed by atoms with E-state index in [1.54, 1.807) is 35.3 Å². The van der Waals surface area contributed by atoms with Crippen molar-refractivity contribution in [2.45, 2.75) is 44.4 Å². The second-order valence-corrected chi connectivity index (χ2v) is 10.3. The van der Waals surface area contributed by atoms with Crippen molar-refractivity contribution in [3.05, 3.63) is 59.7 Å². The molecule has 158 valence electrons. The average molecular weight is 429 g/mol. The predicted octanol–water partition coefficient (Wildman–Crippen LogP) is 3.77. The van der Waals surface area contributed by atoms with Crippen LogP contribution in [0.1, 0.15) is 44.4 Å². The van der Waals surface area contributed by atoms with Crippen LogP contribution in [0, 0.1) is 5.82 Å². The summed E-state index contributed by atoms with van der Waals surface area (Å²) in [6.07, 6.45) is 4.86. The van der Waals surface area contributed by atoms with Gasteiger partial charge < -0.3 is 15.6 Å². The van der Waals surface area contributed by atoms with Gasteiger partial charge >= 0.3 is 0 Å². The first-order valence-corrected chi connectivity index (χ1v) is 10.9. The summed E-state index contributed by atoms with van der Waals surface area (Å²) >= 11 is -1.27. The van der Waals surface area contributed by atoms with E-state index in [1.807, 2.05) is 26.8 Å². The van der Waals surface area contributed by atoms with Crippen molar-refractivity contribution in [1.29, 1.82) is 0 Å². The van der Waals surface area contributed by atoms with Gasteiger partial charge in [-0.15, -0.1) is 4.72 Å². The zero-order valence-corrected chi connectivity index (χ0v) is 18.0. The van der Waals surface area contributed by atoms with Crippen LogP contribution in [0.25, 0.3) is 5.82 Å². The summed E-state index contributed by atoms with van der Waals surface area (Å²) in [5.41, 5.74) is 8.57. The fourth-order valence-electron chi connectivity index (χ4n) is 3.44. The summed E-state index contributed by atoms with van der Waals surface area (Å²) in [4.78, 5) is 4.50. The summed E-state index contributed by atoms with van der Waals surface area (Å²) in [7, 11) is 0. The highest BCUT2D eigenvalue weighted by atomic mass is 32.2. The van der Waals surface area contributed by atoms with E-state index >= 15 is 4.39 Å². The quantitative estimate of drug-likeness (QED) is 0.535. The molecule has 0 saturated heterocycles. The molecule has 0 aliphatic heterocycles. The molecule has 4 N–H and O–H groups in total. The highest BCUT2D eigenvalue weighted by Gasteiger charge is 2.34. The van der Waals surface area contributed by atoms with Crippen LogP contribution in [-0.2, 0) is 17.8 Å². The number of hydrogen-bond acceptors (Lipinski definition) is 6. The van der Waals surface area contributed by atoms with Gasteiger partial charge in [-0.25, -0.2) is 14.1 Å². The summed E-state index contributed by atoms with van der Waals surface area (Å²) in [5.74, 6) is 0.703. The van der Waals surface area contributed by atoms with Gasteiger partial charge in [0.2, 0.25) is 0 Å². The number of halogens is 1. The molecule has 30 heavy (non-hydrogen) atoms. The van der Waals surface area contributed by atoms with Gasteiger partial charge in [0, 0.05) is 35.0 Å². The third kappa shape index (κ3) is 4.14. The number of nitrogens with two attached hydrogens (primary N) is 1. The molecule has 9 heteroatoms. The number of aryl methyl sites for hydroxylation is 1. The van der Waals surface area contributed by atoms with Crippen molar-refractivity contribution in [1.82, 2.24) is 19.5 Å². The van der Waals surface area contributed by atoms with Crippen LogP contribution in [0.5, 0.6) is 0 Å². The Morgan fingerprint density at radius 3 is 2.80 bits per heavy atom. The van der Waals surface area contributed by atoms with Gasteiger partial charge in [0.25, 0.3) is 0 Å². The number of anilines is 3. The second kappa shape index (κ2) is 7.90. The molecule has 2 aromatic heterocycles. The van der Waals surface area contributed by atoms with Crippen LogP contribution >= 0.6 is 0 Å². The van der Waals surface area contributed by atoms with E-state index in [1.165, 1.54) is 6.07 Å². The first kappa shape index (κ1) is 20.6. The number of rotatable bonds is 5. The zero-order valence-electron chi connectivity index (χ0n) is 17.1. The maximum Gasteiger partial charge on any atom is 0.156 e. The van der Waals surface area contributed by atoms with Gasteiger partial charge in [-0.3, -0.25) is 0 Å². The monoisotopic (exact) mass is 428 g/mol. The standard InChI is InChI=1S/C21H25FN6OS/c1-21(2,3)30(29)27-17-7-5-13-11-14(12-15(22)19(13)17)25-20-16(23)6-8-18(26-20)28-10-4-9-24-28/h4,6,8-12,17,27H,5,7,23H2,1-3H3,(H,25,26)/t17-,30?/m0/s1. The fourth-order valence-corrected chi connectivity index (χ4v) is 4.29. The third-order valence-electron chi connectivity index (χ3n) is 4.99. The normalized spacial score (nSPS) is 17.0. The molecular formula is C21H25FN6OS. The Labute approximate surface area is 178 Å². The van der Waals surface area contributed by atoms with Crippen LogP contribution in [0.3, 0.4) is 0 Å². The van der Waals surface area contributed by atoms with Gasteiger partial charge in [0.1, 0.15) is 10.6 Å². The molecule has 0 saturated carbocycles. The Morgan fingerprint density at radius 1 is 1.30 bits per heavy atom. The molecule has 3 aromatic rings. The predicted molar refractivity (Wildman–Crippen MR) is 118 cm³/mol. The highest BCUT2D eigenvalue weighted by Crippen LogP contribution is 2.37. The van der Waals surface area contributed by atoms with Crippen LogP contribution in [0.15, 0.2) is 42.7 Å². The lowest BCUT2D eigenvalue weighted by Crippen LogP contribution is -2.40. The van der Waals surface area contributed by atoms with Crippen LogP contribution in [0.4, 0.5) is 21.6 Å². The van der Waals surface area contributed by atoms with E-state index in [0.29, 0.717) is 41.4 Å². The van der Waals surface area contributed by atoms with E-state index in [-0.39, 0.29) is 11.9 Å². The highest BCUT2D eigenvalue weighted by molar-refractivity contribution is 7.90. The molecule has 0 amide bonds. The lowest BCUT2D eigenvalue weighted by atomic mass is 10.1. The molecule has 4 rings (SSSR count). The maximum atomic E-state index is 15.0. The van der Waals surface area contributed by atoms with Gasteiger partial charge in [-0.05, 0) is 69.5 Å². The third-order valence-corrected chi connectivity index (χ3v) is 6.60. The Bertz CT molecular complexity index is 1050. The average Bonchev–Trinajstić information content (AvgIpc) is 3.33. The molecule has 1 aromatic carbocycles. The zero-order chi connectivity index (χ0) is 21.5. The Morgan fingerprint density at radius 2 is 2.10 bits per heavy atom. The minimum absolute atomic E-state index is 0.263. The molecule has 2 atom stereocenters. The molecule has 1 aliphatic rings. The molecule has 0 spiro atoms. The largest absolute Gasteiger partial charge is 0.598 e. The van der Waals surface area contributed by atoms with Crippen molar-refractivity contribution < 1.29 is 8.94 Å². The number of nitrogens with one attached hydrogen (secondary N) is 2. The molecule has 1 unspecified atom stereocenters. The first-order valence-electron chi connectivity index (χ1n) is 9.76. The van der Waals surface area contributed by atoms with Crippen molar-refractivity contribution in [2.75, 3.05) is 11.1 Å². The van der Waals surface area contributed by atoms with Crippen LogP contribution < -0.4 is 15.8 Å². The lowest BCUT2D eigenvalue weighted by Gasteiger charge is -2.26. The van der Waals surface area contributed by atoms with E-state index in [0.717, 1.165) is 5.56 Å². The second-order valence-electron chi connectivity index (χ2n) is 8.30. The molecule has 1 aliphatic carbocycles. The van der Waals surface area contributed by atoms with E-state index < -0.39 is 16.1 Å². The number of pyridine rings is 1. The molecule has 0 bridgehead atoms. The van der Waals surface area contributed by atoms with Crippen molar-refractivity contribution in [3.8, 4) is 5.82 Å². The minimum Gasteiger partial charge on any atom is -0.598 e. The number of aromatic nitrogens is 3. The van der Waals surface area contributed by atoms with Crippen molar-refractivity contribution in [2.24, 2.45) is 0 Å². The Kier molecular flexibility index (Phi) is 5.44. The van der Waals surface area contributed by atoms with Crippen molar-refractivity contribution in [3.63, 3.8) is 0 Å². The minimum atomic E-state index is -1.27. The summed E-state index contributed by atoms with van der Waals surface area (Å²) in [6, 6.07) is 8.38. The topological polar surface area (TPSA) is 104 Å². The number of fused-ring (bicyclic) bond motifs is 1.